The molecule has 2 amide bonds. The van der Waals surface area contributed by atoms with Crippen LogP contribution in [0.1, 0.15) is 21.6 Å². The van der Waals surface area contributed by atoms with E-state index in [1.807, 2.05) is 11.4 Å². The van der Waals surface area contributed by atoms with Gasteiger partial charge in [0.2, 0.25) is 0 Å². The minimum absolute atomic E-state index is 0.411. The lowest BCUT2D eigenvalue weighted by Crippen LogP contribution is -2.31. The van der Waals surface area contributed by atoms with Crippen molar-refractivity contribution in [1.29, 1.82) is 0 Å². The molecule has 0 bridgehead atoms. The number of fused-ring (bicyclic) bond motifs is 2. The maximum atomic E-state index is 11.9. The van der Waals surface area contributed by atoms with E-state index < -0.39 is 6.03 Å². The number of thiophene rings is 1. The minimum atomic E-state index is -0.411. The van der Waals surface area contributed by atoms with Crippen LogP contribution in [0.5, 0.6) is 0 Å². The summed E-state index contributed by atoms with van der Waals surface area (Å²) in [5.74, 6) is 0. The van der Waals surface area contributed by atoms with E-state index in [2.05, 4.69) is 26.0 Å². The number of hydrogen-bond acceptors (Lipinski definition) is 2. The zero-order valence-electron chi connectivity index (χ0n) is 11.1. The number of urea groups is 1. The van der Waals surface area contributed by atoms with Gasteiger partial charge in [-0.3, -0.25) is 4.90 Å². The first-order valence-electron chi connectivity index (χ1n) is 6.34. The summed E-state index contributed by atoms with van der Waals surface area (Å²) >= 11 is 1.69. The maximum Gasteiger partial charge on any atom is 0.323 e. The second-order valence-electron chi connectivity index (χ2n) is 4.97. The van der Waals surface area contributed by atoms with Crippen molar-refractivity contribution in [3.8, 4) is 0 Å². The quantitative estimate of drug-likeness (QED) is 0.781. The Hall–Kier alpha value is -1.81. The lowest BCUT2D eigenvalue weighted by atomic mass is 10.0. The number of amides is 2. The molecule has 3 rings (SSSR count). The molecular formula is C15H16N2OS. The molecular weight excluding hydrogens is 256 g/mol. The van der Waals surface area contributed by atoms with E-state index in [-0.39, 0.29) is 0 Å². The first-order valence-corrected chi connectivity index (χ1v) is 7.22. The molecule has 0 unspecified atom stereocenters. The average Bonchev–Trinajstić information content (AvgIpc) is 2.74. The van der Waals surface area contributed by atoms with Gasteiger partial charge in [-0.25, -0.2) is 4.79 Å². The molecule has 1 aliphatic heterocycles. The third kappa shape index (κ3) is 1.92. The zero-order valence-corrected chi connectivity index (χ0v) is 11.9. The van der Waals surface area contributed by atoms with E-state index in [4.69, 9.17) is 5.73 Å². The van der Waals surface area contributed by atoms with E-state index in [0.29, 0.717) is 0 Å². The summed E-state index contributed by atoms with van der Waals surface area (Å²) in [7, 11) is 0. The molecule has 0 atom stereocenters. The molecule has 0 radical (unpaired) electrons. The van der Waals surface area contributed by atoms with Crippen LogP contribution >= 0.6 is 11.3 Å². The van der Waals surface area contributed by atoms with Crippen molar-refractivity contribution in [2.45, 2.75) is 26.7 Å². The molecule has 0 spiro atoms. The van der Waals surface area contributed by atoms with Crippen LogP contribution in [0.4, 0.5) is 16.2 Å². The molecule has 3 nitrogen and oxygen atoms in total. The second kappa shape index (κ2) is 4.38. The van der Waals surface area contributed by atoms with E-state index >= 15 is 0 Å². The SMILES string of the molecule is Cc1cc2c(cc1C)N(C(N)=O)c1ccsc1CC2. The van der Waals surface area contributed by atoms with Crippen molar-refractivity contribution in [1.82, 2.24) is 0 Å². The van der Waals surface area contributed by atoms with Crippen LogP contribution in [0.2, 0.25) is 0 Å². The Morgan fingerprint density at radius 3 is 2.68 bits per heavy atom. The number of carbonyl (C=O) groups excluding carboxylic acids is 1. The van der Waals surface area contributed by atoms with Crippen molar-refractivity contribution < 1.29 is 4.79 Å². The molecule has 1 aromatic heterocycles. The third-order valence-corrected chi connectivity index (χ3v) is 4.71. The summed E-state index contributed by atoms with van der Waals surface area (Å²) in [6.45, 7) is 4.17. The second-order valence-corrected chi connectivity index (χ2v) is 5.97. The van der Waals surface area contributed by atoms with E-state index in [1.54, 1.807) is 16.2 Å². The van der Waals surface area contributed by atoms with Crippen LogP contribution in [0.15, 0.2) is 23.6 Å². The van der Waals surface area contributed by atoms with Crippen molar-refractivity contribution in [2.24, 2.45) is 5.73 Å². The number of anilines is 2. The summed E-state index contributed by atoms with van der Waals surface area (Å²) in [6.07, 6.45) is 1.92. The molecule has 2 aromatic rings. The Balaban J connectivity index is 2.25. The van der Waals surface area contributed by atoms with Crippen LogP contribution in [-0.2, 0) is 12.8 Å². The molecule has 0 saturated heterocycles. The van der Waals surface area contributed by atoms with E-state index in [0.717, 1.165) is 24.2 Å². The molecule has 4 heteroatoms. The van der Waals surface area contributed by atoms with Gasteiger partial charge in [-0.15, -0.1) is 11.3 Å². The number of hydrogen-bond donors (Lipinski definition) is 1. The van der Waals surface area contributed by atoms with Crippen molar-refractivity contribution in [2.75, 3.05) is 4.90 Å². The predicted octanol–water partition coefficient (Wildman–Crippen LogP) is 3.68. The minimum Gasteiger partial charge on any atom is -0.351 e. The molecule has 1 aromatic carbocycles. The van der Waals surface area contributed by atoms with Gasteiger partial charge < -0.3 is 5.73 Å². The number of rotatable bonds is 0. The van der Waals surface area contributed by atoms with Gasteiger partial charge in [0.1, 0.15) is 0 Å². The largest absolute Gasteiger partial charge is 0.351 e. The molecule has 2 heterocycles. The highest BCUT2D eigenvalue weighted by molar-refractivity contribution is 7.10. The van der Waals surface area contributed by atoms with Crippen LogP contribution in [0.3, 0.4) is 0 Å². The van der Waals surface area contributed by atoms with E-state index in [1.165, 1.54) is 21.6 Å². The van der Waals surface area contributed by atoms with Gasteiger partial charge >= 0.3 is 6.03 Å². The Bertz CT molecular complexity index is 660. The highest BCUT2D eigenvalue weighted by Gasteiger charge is 2.25. The number of primary amides is 1. The number of aryl methyl sites for hydroxylation is 4. The summed E-state index contributed by atoms with van der Waals surface area (Å²) in [5, 5.41) is 2.02. The van der Waals surface area contributed by atoms with E-state index in [9.17, 15) is 4.79 Å². The first kappa shape index (κ1) is 12.2. The zero-order chi connectivity index (χ0) is 13.6. The molecule has 0 fully saturated rings. The predicted molar refractivity (Wildman–Crippen MR) is 79.4 cm³/mol. The summed E-state index contributed by atoms with van der Waals surface area (Å²) in [6, 6.07) is 5.82. The summed E-state index contributed by atoms with van der Waals surface area (Å²) < 4.78 is 0. The van der Waals surface area contributed by atoms with Crippen LogP contribution in [0.25, 0.3) is 0 Å². The first-order chi connectivity index (χ1) is 9.08. The van der Waals surface area contributed by atoms with Gasteiger partial charge in [0.25, 0.3) is 0 Å². The fraction of sp³-hybridized carbons (Fsp3) is 0.267. The monoisotopic (exact) mass is 272 g/mol. The van der Waals surface area contributed by atoms with Gasteiger partial charge in [0.15, 0.2) is 0 Å². The fourth-order valence-electron chi connectivity index (χ4n) is 2.60. The smallest absolute Gasteiger partial charge is 0.323 e. The molecule has 0 aliphatic carbocycles. The summed E-state index contributed by atoms with van der Waals surface area (Å²) in [5.41, 5.74) is 11.1. The Labute approximate surface area is 116 Å². The number of carbonyl (C=O) groups is 1. The topological polar surface area (TPSA) is 46.3 Å². The Kier molecular flexibility index (Phi) is 2.82. The number of nitrogens with two attached hydrogens (primary N) is 1. The van der Waals surface area contributed by atoms with Gasteiger partial charge in [0.05, 0.1) is 11.4 Å². The lowest BCUT2D eigenvalue weighted by Gasteiger charge is -2.22. The van der Waals surface area contributed by atoms with Gasteiger partial charge in [0, 0.05) is 4.88 Å². The highest BCUT2D eigenvalue weighted by atomic mass is 32.1. The lowest BCUT2D eigenvalue weighted by molar-refractivity contribution is 0.256. The number of nitrogens with zero attached hydrogens (tertiary/aromatic N) is 1. The van der Waals surface area contributed by atoms with Gasteiger partial charge in [-0.1, -0.05) is 6.07 Å². The molecule has 19 heavy (non-hydrogen) atoms. The molecule has 1 aliphatic rings. The molecule has 98 valence electrons. The van der Waals surface area contributed by atoms with Crippen LogP contribution in [-0.4, -0.2) is 6.03 Å². The fourth-order valence-corrected chi connectivity index (χ4v) is 3.47. The van der Waals surface area contributed by atoms with Crippen molar-refractivity contribution in [3.05, 3.63) is 45.1 Å². The highest BCUT2D eigenvalue weighted by Crippen LogP contribution is 2.39. The molecule has 0 saturated carbocycles. The maximum absolute atomic E-state index is 11.9. The van der Waals surface area contributed by atoms with Crippen molar-refractivity contribution in [3.63, 3.8) is 0 Å². The summed E-state index contributed by atoms with van der Waals surface area (Å²) in [4.78, 5) is 14.8. The third-order valence-electron chi connectivity index (χ3n) is 3.74. The van der Waals surface area contributed by atoms with Crippen LogP contribution < -0.4 is 10.6 Å². The standard InChI is InChI=1S/C15H16N2OS/c1-9-7-11-3-4-14-12(5-6-19-14)17(15(16)18)13(11)8-10(9)2/h5-8H,3-4H2,1-2H3,(H2,16,18). The van der Waals surface area contributed by atoms with Gasteiger partial charge in [-0.05, 0) is 60.9 Å². The number of benzene rings is 1. The average molecular weight is 272 g/mol. The van der Waals surface area contributed by atoms with Gasteiger partial charge in [-0.2, -0.15) is 0 Å². The van der Waals surface area contributed by atoms with Crippen LogP contribution in [0, 0.1) is 13.8 Å². The van der Waals surface area contributed by atoms with Crippen molar-refractivity contribution >= 4 is 28.7 Å². The Morgan fingerprint density at radius 1 is 1.21 bits per heavy atom. The molecule has 2 N–H and O–H groups in total. The Morgan fingerprint density at radius 2 is 1.95 bits per heavy atom. The normalized spacial score (nSPS) is 13.7.